The Bertz CT molecular complexity index is 45.6. The van der Waals surface area contributed by atoms with Gasteiger partial charge in [0.2, 0.25) is 0 Å². The number of rotatable bonds is 0. The van der Waals surface area contributed by atoms with Gasteiger partial charge in [0.05, 0.1) is 6.20 Å². The van der Waals surface area contributed by atoms with E-state index in [0.29, 0.717) is 0 Å². The lowest BCUT2D eigenvalue weighted by atomic mass is 11.0. The second-order valence-electron chi connectivity index (χ2n) is 0.667. The average Bonchev–Trinajstić information content (AvgIpc) is 1.76. The molecule has 0 saturated heterocycles. The van der Waals surface area contributed by atoms with Gasteiger partial charge in [0, 0.05) is 0 Å². The lowest BCUT2D eigenvalue weighted by Gasteiger charge is -1.85. The van der Waals surface area contributed by atoms with Crippen molar-refractivity contribution in [3.05, 3.63) is 12.5 Å². The molecule has 0 fully saturated rings. The van der Waals surface area contributed by atoms with Gasteiger partial charge in [0.25, 0.3) is 0 Å². The van der Waals surface area contributed by atoms with Crippen LogP contribution < -0.4 is 11.0 Å². The van der Waals surface area contributed by atoms with Crippen molar-refractivity contribution in [1.82, 2.24) is 11.0 Å². The van der Waals surface area contributed by atoms with Gasteiger partial charge in [0.15, 0.2) is 0 Å². The zero-order valence-corrected chi connectivity index (χ0v) is 2.56. The van der Waals surface area contributed by atoms with Crippen LogP contribution in [0.2, 0.25) is 0 Å². The molecule has 1 rings (SSSR count). The van der Waals surface area contributed by atoms with Gasteiger partial charge in [0.1, 0.15) is 6.26 Å². The predicted molar refractivity (Wildman–Crippen MR) is 16.5 cm³/mol. The van der Waals surface area contributed by atoms with Crippen LogP contribution in [0.3, 0.4) is 0 Å². The van der Waals surface area contributed by atoms with E-state index in [9.17, 15) is 0 Å². The Morgan fingerprint density at radius 1 is 1.60 bits per heavy atom. The molecule has 0 amide bonds. The van der Waals surface area contributed by atoms with Crippen LogP contribution in [-0.4, -0.2) is 0 Å². The number of hydrogen-bond acceptors (Lipinski definition) is 3. The van der Waals surface area contributed by atoms with E-state index in [-0.39, 0.29) is 0 Å². The fourth-order valence-electron chi connectivity index (χ4n) is 0.170. The molecule has 0 aliphatic carbocycles. The molecule has 5 heavy (non-hydrogen) atoms. The molecule has 0 aromatic carbocycles. The van der Waals surface area contributed by atoms with Gasteiger partial charge >= 0.3 is 0 Å². The zero-order valence-electron chi connectivity index (χ0n) is 2.56. The maximum absolute atomic E-state index is 4.40. The van der Waals surface area contributed by atoms with Crippen molar-refractivity contribution in [2.45, 2.75) is 0 Å². The van der Waals surface area contributed by atoms with E-state index in [2.05, 4.69) is 15.9 Å². The van der Waals surface area contributed by atoms with Gasteiger partial charge in [-0.05, 0) is 0 Å². The fourth-order valence-corrected chi connectivity index (χ4v) is 0.170. The first-order chi connectivity index (χ1) is 2.50. The molecule has 1 aliphatic heterocycles. The summed E-state index contributed by atoms with van der Waals surface area (Å²) in [6.07, 6.45) is 3.17. The molecule has 1 aliphatic rings. The monoisotopic (exact) mass is 72.0 g/mol. The molecule has 1 heterocycles. The summed E-state index contributed by atoms with van der Waals surface area (Å²) in [6, 6.07) is 0. The minimum absolute atomic E-state index is 1.51. The van der Waals surface area contributed by atoms with E-state index in [4.69, 9.17) is 0 Å². The third-order valence-electron chi connectivity index (χ3n) is 0.337. The third-order valence-corrected chi connectivity index (χ3v) is 0.337. The maximum Gasteiger partial charge on any atom is 0.130 e. The summed E-state index contributed by atoms with van der Waals surface area (Å²) in [6.45, 7) is 0. The Morgan fingerprint density at radius 2 is 2.60 bits per heavy atom. The van der Waals surface area contributed by atoms with E-state index >= 15 is 0 Å². The third kappa shape index (κ3) is 0.302. The Hall–Kier alpha value is -0.700. The molecule has 0 aromatic heterocycles. The van der Waals surface area contributed by atoms with Crippen LogP contribution in [0.15, 0.2) is 12.5 Å². The molecule has 0 saturated carbocycles. The predicted octanol–water partition coefficient (Wildman–Crippen LogP) is -0.503. The molecule has 28 valence electrons. The van der Waals surface area contributed by atoms with Crippen molar-refractivity contribution < 1.29 is 4.84 Å². The highest BCUT2D eigenvalue weighted by Crippen LogP contribution is 1.70. The molecule has 2 N–H and O–H groups in total. The van der Waals surface area contributed by atoms with Crippen LogP contribution in [0, 0.1) is 0 Å². The SMILES string of the molecule is C1=CONN1. The minimum atomic E-state index is 1.51. The van der Waals surface area contributed by atoms with Crippen LogP contribution in [-0.2, 0) is 4.84 Å². The molecule has 0 aromatic rings. The van der Waals surface area contributed by atoms with E-state index in [1.807, 2.05) is 0 Å². The van der Waals surface area contributed by atoms with Gasteiger partial charge in [-0.2, -0.15) is 0 Å². The summed E-state index contributed by atoms with van der Waals surface area (Å²) in [4.78, 5) is 4.40. The van der Waals surface area contributed by atoms with E-state index in [0.717, 1.165) is 0 Å². The van der Waals surface area contributed by atoms with Crippen LogP contribution in [0.25, 0.3) is 0 Å². The highest BCUT2D eigenvalue weighted by molar-refractivity contribution is 4.69. The molecule has 3 heteroatoms. The average molecular weight is 72.1 g/mol. The Kier molecular flexibility index (Phi) is 0.478. The molecule has 0 spiro atoms. The summed E-state index contributed by atoms with van der Waals surface area (Å²) in [7, 11) is 0. The van der Waals surface area contributed by atoms with Crippen molar-refractivity contribution in [3.63, 3.8) is 0 Å². The molecule has 0 bridgehead atoms. The van der Waals surface area contributed by atoms with Crippen molar-refractivity contribution in [2.24, 2.45) is 0 Å². The van der Waals surface area contributed by atoms with Gasteiger partial charge in [-0.15, -0.1) is 0 Å². The summed E-state index contributed by atoms with van der Waals surface area (Å²) in [5.74, 6) is 0. The lowest BCUT2D eigenvalue weighted by molar-refractivity contribution is 0.137. The normalized spacial score (nSPS) is 17.6. The van der Waals surface area contributed by atoms with Gasteiger partial charge in [-0.25, -0.2) is 0 Å². The fraction of sp³-hybridized carbons (Fsp3) is 0. The number of hydrogen-bond donors (Lipinski definition) is 2. The first-order valence-corrected chi connectivity index (χ1v) is 1.31. The highest BCUT2D eigenvalue weighted by Gasteiger charge is 1.77. The van der Waals surface area contributed by atoms with Crippen LogP contribution >= 0.6 is 0 Å². The molecule has 0 atom stereocenters. The number of hydrazine groups is 1. The number of nitrogens with one attached hydrogen (secondary N) is 2. The van der Waals surface area contributed by atoms with Crippen LogP contribution in [0.5, 0.6) is 0 Å². The van der Waals surface area contributed by atoms with Gasteiger partial charge in [-0.3, -0.25) is 5.43 Å². The van der Waals surface area contributed by atoms with Crippen LogP contribution in [0.1, 0.15) is 0 Å². The molecule has 3 nitrogen and oxygen atoms in total. The molecule has 0 radical (unpaired) electrons. The first-order valence-electron chi connectivity index (χ1n) is 1.31. The highest BCUT2D eigenvalue weighted by atomic mass is 16.7. The summed E-state index contributed by atoms with van der Waals surface area (Å²) in [5.41, 5.74) is 4.93. The Labute approximate surface area is 29.5 Å². The standard InChI is InChI=1S/C2H4N2O/c1-2-5-4-3-1/h1-4H. The lowest BCUT2D eigenvalue weighted by Crippen LogP contribution is -2.17. The van der Waals surface area contributed by atoms with E-state index in [1.54, 1.807) is 6.20 Å². The van der Waals surface area contributed by atoms with Crippen molar-refractivity contribution in [3.8, 4) is 0 Å². The quantitative estimate of drug-likeness (QED) is 0.404. The summed E-state index contributed by atoms with van der Waals surface area (Å²) in [5, 5.41) is 0. The second kappa shape index (κ2) is 0.944. The Balaban J connectivity index is 2.32. The Morgan fingerprint density at radius 3 is 2.80 bits per heavy atom. The molecular weight excluding hydrogens is 68.0 g/mol. The molecular formula is C2H4N2O. The van der Waals surface area contributed by atoms with Gasteiger partial charge < -0.3 is 4.84 Å². The van der Waals surface area contributed by atoms with E-state index < -0.39 is 0 Å². The van der Waals surface area contributed by atoms with Gasteiger partial charge in [-0.1, -0.05) is 5.59 Å². The maximum atomic E-state index is 4.40. The summed E-state index contributed by atoms with van der Waals surface area (Å²) >= 11 is 0. The van der Waals surface area contributed by atoms with Crippen molar-refractivity contribution >= 4 is 0 Å². The largest absolute Gasteiger partial charge is 0.395 e. The van der Waals surface area contributed by atoms with Crippen molar-refractivity contribution in [2.75, 3.05) is 0 Å². The smallest absolute Gasteiger partial charge is 0.130 e. The zero-order chi connectivity index (χ0) is 3.54. The first kappa shape index (κ1) is 2.53. The second-order valence-corrected chi connectivity index (χ2v) is 0.667. The van der Waals surface area contributed by atoms with E-state index in [1.165, 1.54) is 6.26 Å². The topological polar surface area (TPSA) is 33.3 Å². The summed E-state index contributed by atoms with van der Waals surface area (Å²) < 4.78 is 0. The van der Waals surface area contributed by atoms with Crippen LogP contribution in [0.4, 0.5) is 0 Å². The minimum Gasteiger partial charge on any atom is -0.395 e. The van der Waals surface area contributed by atoms with Crippen molar-refractivity contribution in [1.29, 1.82) is 0 Å². The molecule has 0 unspecified atom stereocenters.